The quantitative estimate of drug-likeness (QED) is 0.0147. The summed E-state index contributed by atoms with van der Waals surface area (Å²) in [6, 6.07) is 85.4. The van der Waals surface area contributed by atoms with Crippen LogP contribution in [0.5, 0.6) is 0 Å². The molecule has 0 radical (unpaired) electrons. The minimum atomic E-state index is -0.248. The number of benzene rings is 10. The summed E-state index contributed by atoms with van der Waals surface area (Å²) < 4.78 is 0. The van der Waals surface area contributed by atoms with Crippen molar-refractivity contribution in [3.63, 3.8) is 0 Å². The van der Waals surface area contributed by atoms with Gasteiger partial charge in [0, 0.05) is 129 Å². The van der Waals surface area contributed by atoms with Crippen molar-refractivity contribution in [1.82, 2.24) is 15.6 Å². The topological polar surface area (TPSA) is 240 Å². The number of hydrazine groups is 1. The molecule has 2 unspecified atom stereocenters. The zero-order chi connectivity index (χ0) is 105. The summed E-state index contributed by atoms with van der Waals surface area (Å²) in [6.45, 7) is 60.6. The molecule has 14 rings (SSSR count). The van der Waals surface area contributed by atoms with Crippen LogP contribution >= 0.6 is 0 Å². The van der Waals surface area contributed by atoms with Crippen molar-refractivity contribution in [2.24, 2.45) is 17.7 Å². The fraction of sp³-hybridized carbons (Fsp3) is 0.464. The number of nitrogens with two attached hydrogens (primary N) is 1. The Hall–Kier alpha value is -11.6. The van der Waals surface area contributed by atoms with Crippen molar-refractivity contribution in [1.29, 1.82) is 0 Å². The van der Waals surface area contributed by atoms with Crippen LogP contribution in [0, 0.1) is 11.8 Å². The SMILES string of the molecule is CC(=O)C1CCN(c2ccc(C(C)C)cc2)CC1.CC(=O)c1ccc(C(C)C)cc1.CC(=O)c1cccc(C(C)C)c1.CC(C)c1ccc(N2CCC(O)CC2)cc1.CC(C)c1ccc(N2CCCC(O)C2)cc1.CC(C)c1cccc(C(=O)NN)c1.CC(C)c1cccc(C2CN(Cc3ccccc3)C[C@@H]2C)c1.CCCCC(=O)c1cccc(C(C)C)c1.CCCNC(=O)c1ccc(C(C)C)cc1.O=C=O. The molecular formula is C125H173N7O10. The highest BCUT2D eigenvalue weighted by atomic mass is 16.3. The Morgan fingerprint density at radius 2 is 0.746 bits per heavy atom. The molecule has 0 spiro atoms. The van der Waals surface area contributed by atoms with Gasteiger partial charge in [0.25, 0.3) is 11.8 Å². The van der Waals surface area contributed by atoms with E-state index in [0.717, 1.165) is 144 Å². The summed E-state index contributed by atoms with van der Waals surface area (Å²) in [5.74, 6) is 12.2. The van der Waals surface area contributed by atoms with E-state index in [1.807, 2.05) is 110 Å². The molecule has 10 aromatic carbocycles. The van der Waals surface area contributed by atoms with Crippen molar-refractivity contribution in [3.8, 4) is 0 Å². The van der Waals surface area contributed by atoms with E-state index in [9.17, 15) is 39.0 Å². The third-order valence-electron chi connectivity index (χ3n) is 26.5. The Morgan fingerprint density at radius 1 is 0.373 bits per heavy atom. The van der Waals surface area contributed by atoms with Gasteiger partial charge in [-0.2, -0.15) is 9.59 Å². The molecule has 0 aromatic heterocycles. The molecule has 3 atom stereocenters. The van der Waals surface area contributed by atoms with Crippen molar-refractivity contribution in [2.75, 3.05) is 73.6 Å². The number of hydrogen-bond acceptors (Lipinski definition) is 15. The number of rotatable bonds is 26. The predicted octanol–water partition coefficient (Wildman–Crippen LogP) is 28.2. The number of nitrogens with one attached hydrogen (secondary N) is 2. The molecule has 4 saturated heterocycles. The van der Waals surface area contributed by atoms with Gasteiger partial charge in [-0.1, -0.05) is 328 Å². The van der Waals surface area contributed by atoms with Gasteiger partial charge in [-0.05, 0) is 265 Å². The number of aliphatic hydroxyl groups excluding tert-OH is 2. The lowest BCUT2D eigenvalue weighted by Crippen LogP contribution is -2.38. The Balaban J connectivity index is 0.000000282. The molecule has 4 heterocycles. The number of unbranched alkanes of at least 4 members (excludes halogenated alkanes) is 1. The van der Waals surface area contributed by atoms with Gasteiger partial charge in [-0.25, -0.2) is 5.84 Å². The monoisotopic (exact) mass is 1930 g/mol. The van der Waals surface area contributed by atoms with Crippen molar-refractivity contribution in [2.45, 2.75) is 308 Å². The highest BCUT2D eigenvalue weighted by Crippen LogP contribution is 2.36. The van der Waals surface area contributed by atoms with E-state index in [1.54, 1.807) is 26.8 Å². The van der Waals surface area contributed by atoms with Crippen LogP contribution in [-0.4, -0.2) is 127 Å². The third kappa shape index (κ3) is 43.7. The summed E-state index contributed by atoms with van der Waals surface area (Å²) in [6.07, 6.45) is 9.55. The lowest BCUT2D eigenvalue weighted by Gasteiger charge is -2.32. The number of β-amino-alcohol motifs (C(OH)–C–C–N with tert-alkyl or cyclic N) is 1. The van der Waals surface area contributed by atoms with E-state index in [-0.39, 0.29) is 53.4 Å². The Morgan fingerprint density at radius 3 is 1.14 bits per heavy atom. The number of anilines is 3. The Labute approximate surface area is 854 Å². The molecule has 0 aliphatic carbocycles. The van der Waals surface area contributed by atoms with Crippen LogP contribution in [0.3, 0.4) is 0 Å². The number of likely N-dealkylation sites (tertiary alicyclic amines) is 1. The standard InChI is InChI=1S/C21H27N.C16H23NO.2C14H21NO.C14H20O.C13H19NO.2C11H14O.C10H14N2O.CO2/c1-16(2)19-10-7-11-20(12-19)21-15-22(13-17(21)3)14-18-8-5-4-6-9-18;1-12(2)14-4-6-16(7-5-14)17-10-8-15(9-11-17)13(3)18;1-11(2)12-3-5-13(6-4-12)15-9-7-14(16)8-10-15;1-11(2)12-5-7-13(8-6-12)15-9-3-4-14(16)10-15;1-4-5-9-14(15)13-8-6-7-12(10-13)11(2)3;1-4-9-14-13(15)12-7-5-11(6-8-12)10(2)3;1-8(2)10-4-6-11(7-5-10)9(3)12;1-8(2)10-5-4-6-11(7-10)9(3)12;1-7(2)8-4-3-5-9(6-8)10(13)12-11;2-1-3/h4-12,16-17,21H,13-15H2,1-3H3;4-7,12,15H,8-11H2,1-3H3;3-6,11,14,16H,7-10H2,1-2H3;5-8,11,14,16H,3-4,9-10H2,1-2H3;6-8,10-11H,4-5,9H2,1-3H3;5-8,10H,4,9H2,1-3H3,(H,14,15);2*4-8H,1-3H3;3-7H,11H2,1-2H3,(H,12,13);/t17-,21?;;;;;;;;;/m0........./s1. The third-order valence-corrected chi connectivity index (χ3v) is 26.5. The minimum Gasteiger partial charge on any atom is -0.393 e. The van der Waals surface area contributed by atoms with Crippen molar-refractivity contribution < 1.29 is 48.6 Å². The summed E-state index contributed by atoms with van der Waals surface area (Å²) in [5, 5.41) is 22.0. The minimum absolute atomic E-state index is 0.0205. The van der Waals surface area contributed by atoms with Crippen LogP contribution in [0.1, 0.15) is 403 Å². The molecule has 6 N–H and O–H groups in total. The molecule has 4 aliphatic heterocycles. The van der Waals surface area contributed by atoms with E-state index in [4.69, 9.17) is 15.4 Å². The number of piperidine rings is 3. The predicted molar refractivity (Wildman–Crippen MR) is 592 cm³/mol. The fourth-order valence-electron chi connectivity index (χ4n) is 16.9. The van der Waals surface area contributed by atoms with Gasteiger partial charge >= 0.3 is 6.15 Å². The van der Waals surface area contributed by atoms with Crippen LogP contribution in [0.25, 0.3) is 0 Å². The van der Waals surface area contributed by atoms with E-state index < -0.39 is 0 Å². The lowest BCUT2D eigenvalue weighted by atomic mass is 9.88. The average molecular weight is 1930 g/mol. The van der Waals surface area contributed by atoms with Gasteiger partial charge in [0.2, 0.25) is 0 Å². The van der Waals surface area contributed by atoms with Gasteiger partial charge in [-0.15, -0.1) is 0 Å². The first kappa shape index (κ1) is 121. The number of amides is 2. The fourth-order valence-corrected chi connectivity index (χ4v) is 16.9. The van der Waals surface area contributed by atoms with Crippen LogP contribution in [0.15, 0.2) is 249 Å². The number of aliphatic hydroxyl groups is 2. The lowest BCUT2D eigenvalue weighted by molar-refractivity contribution is -0.191. The molecule has 10 aromatic rings. The van der Waals surface area contributed by atoms with E-state index in [2.05, 4.69) is 308 Å². The molecule has 142 heavy (non-hydrogen) atoms. The summed E-state index contributed by atoms with van der Waals surface area (Å²) >= 11 is 0. The molecule has 0 saturated carbocycles. The van der Waals surface area contributed by atoms with Gasteiger partial charge < -0.3 is 30.2 Å². The van der Waals surface area contributed by atoms with Gasteiger partial charge in [-0.3, -0.25) is 39.1 Å². The second-order valence-electron chi connectivity index (χ2n) is 41.0. The number of Topliss-reactive ketones (excluding diaryl/α,β-unsaturated/α-hetero) is 4. The Bertz CT molecular complexity index is 5330. The second kappa shape index (κ2) is 64.9. The maximum absolute atomic E-state index is 11.8. The van der Waals surface area contributed by atoms with Crippen molar-refractivity contribution >= 4 is 58.2 Å². The van der Waals surface area contributed by atoms with Crippen LogP contribution in [0.4, 0.5) is 17.1 Å². The maximum atomic E-state index is 11.8. The molecular weight excluding hydrogens is 1760 g/mol. The van der Waals surface area contributed by atoms with E-state index >= 15 is 0 Å². The summed E-state index contributed by atoms with van der Waals surface area (Å²) in [7, 11) is 0. The average Bonchev–Trinajstić information content (AvgIpc) is 1.67. The Kier molecular flexibility index (Phi) is 55.2. The molecule has 2 amide bonds. The van der Waals surface area contributed by atoms with E-state index in [1.165, 1.54) is 85.8 Å². The second-order valence-corrected chi connectivity index (χ2v) is 41.0. The number of nitrogen functional groups attached to an aromatic ring is 1. The van der Waals surface area contributed by atoms with Crippen LogP contribution < -0.4 is 31.3 Å². The molecule has 4 fully saturated rings. The highest BCUT2D eigenvalue weighted by Gasteiger charge is 2.31. The van der Waals surface area contributed by atoms with Crippen molar-refractivity contribution in [3.05, 3.63) is 338 Å². The number of carbonyl (C=O) groups excluding carboxylic acids is 8. The highest BCUT2D eigenvalue weighted by molar-refractivity contribution is 5.97. The van der Waals surface area contributed by atoms with Crippen LogP contribution in [-0.2, 0) is 20.9 Å². The number of ketones is 4. The molecule has 4 aliphatic rings. The van der Waals surface area contributed by atoms with Gasteiger partial charge in [0.15, 0.2) is 17.3 Å². The smallest absolute Gasteiger partial charge is 0.373 e. The number of hydrogen-bond donors (Lipinski definition) is 5. The molecule has 768 valence electrons. The maximum Gasteiger partial charge on any atom is 0.373 e. The first-order valence-electron chi connectivity index (χ1n) is 52.2. The number of carbonyl (C=O) groups is 6. The normalized spacial score (nSPS) is 15.1. The largest absolute Gasteiger partial charge is 0.393 e. The molecule has 17 nitrogen and oxygen atoms in total. The molecule has 0 bridgehead atoms. The zero-order valence-corrected chi connectivity index (χ0v) is 90.4. The first-order chi connectivity index (χ1) is 67.6. The first-order valence-corrected chi connectivity index (χ1v) is 52.2. The summed E-state index contributed by atoms with van der Waals surface area (Å²) in [5.41, 5.74) is 24.5. The van der Waals surface area contributed by atoms with E-state index in [0.29, 0.717) is 76.9 Å². The van der Waals surface area contributed by atoms with Gasteiger partial charge in [0.05, 0.1) is 12.2 Å². The molecule has 17 heteroatoms. The van der Waals surface area contributed by atoms with Crippen LogP contribution in [0.2, 0.25) is 0 Å². The number of nitrogens with zero attached hydrogens (tertiary/aromatic N) is 4. The zero-order valence-electron chi connectivity index (χ0n) is 90.4. The van der Waals surface area contributed by atoms with Gasteiger partial charge in [0.1, 0.15) is 5.78 Å². The summed E-state index contributed by atoms with van der Waals surface area (Å²) in [4.78, 5) is 93.7.